The van der Waals surface area contributed by atoms with Crippen LogP contribution in [0, 0.1) is 0 Å². The van der Waals surface area contributed by atoms with E-state index in [9.17, 15) is 9.59 Å². The molecule has 0 atom stereocenters. The molecule has 30 heavy (non-hydrogen) atoms. The molecule has 1 heterocycles. The van der Waals surface area contributed by atoms with Crippen molar-refractivity contribution in [3.63, 3.8) is 0 Å². The number of hydrogen-bond acceptors (Lipinski definition) is 3. The molecule has 0 aromatic heterocycles. The number of fused-ring (bicyclic) bond motifs is 2. The van der Waals surface area contributed by atoms with E-state index >= 15 is 0 Å². The highest BCUT2D eigenvalue weighted by molar-refractivity contribution is 5.96. The van der Waals surface area contributed by atoms with Crippen LogP contribution in [0.5, 0.6) is 11.5 Å². The van der Waals surface area contributed by atoms with Gasteiger partial charge in [-0.1, -0.05) is 36.4 Å². The third kappa shape index (κ3) is 4.12. The molecule has 3 N–H and O–H groups in total. The molecule has 1 aliphatic rings. The number of amides is 3. The third-order valence-corrected chi connectivity index (χ3v) is 4.78. The Kier molecular flexibility index (Phi) is 5.39. The van der Waals surface area contributed by atoms with Crippen molar-refractivity contribution in [1.29, 1.82) is 0 Å². The van der Waals surface area contributed by atoms with Gasteiger partial charge in [-0.05, 0) is 50.2 Å². The minimum Gasteiger partial charge on any atom is -0.457 e. The molecule has 0 saturated heterocycles. The number of carbonyl (C=O) groups excluding carboxylic acids is 2. The number of rotatable bonds is 4. The number of hydrogen-bond donors (Lipinski definition) is 3. The zero-order valence-corrected chi connectivity index (χ0v) is 16.8. The highest BCUT2D eigenvalue weighted by Gasteiger charge is 2.28. The van der Waals surface area contributed by atoms with Gasteiger partial charge >= 0.3 is 6.03 Å². The van der Waals surface area contributed by atoms with Gasteiger partial charge in [0, 0.05) is 28.4 Å². The monoisotopic (exact) mass is 401 g/mol. The summed E-state index contributed by atoms with van der Waals surface area (Å²) in [5, 5.41) is 8.62. The van der Waals surface area contributed by atoms with E-state index in [2.05, 4.69) is 16.0 Å². The summed E-state index contributed by atoms with van der Waals surface area (Å²) in [4.78, 5) is 24.8. The quantitative estimate of drug-likeness (QED) is 0.585. The molecule has 0 fully saturated rings. The largest absolute Gasteiger partial charge is 0.457 e. The molecule has 0 radical (unpaired) electrons. The van der Waals surface area contributed by atoms with Crippen LogP contribution in [-0.4, -0.2) is 18.0 Å². The van der Waals surface area contributed by atoms with E-state index in [1.165, 1.54) is 0 Å². The van der Waals surface area contributed by atoms with Crippen LogP contribution in [-0.2, 0) is 0 Å². The minimum absolute atomic E-state index is 0.0419. The molecular formula is C24H23N3O3. The Hall–Kier alpha value is -3.80. The van der Waals surface area contributed by atoms with Crippen molar-refractivity contribution in [2.45, 2.75) is 25.9 Å². The van der Waals surface area contributed by atoms with Gasteiger partial charge in [-0.2, -0.15) is 0 Å². The molecule has 0 saturated carbocycles. The number of ether oxygens (including phenoxy) is 1. The predicted molar refractivity (Wildman–Crippen MR) is 116 cm³/mol. The molecule has 3 amide bonds. The maximum absolute atomic E-state index is 13.0. The SMILES string of the molecule is CC(C)NC(=O)Nc1ccc(C(=O)NC2c3ccccc3Oc3ccccc32)cc1. The summed E-state index contributed by atoms with van der Waals surface area (Å²) >= 11 is 0. The maximum Gasteiger partial charge on any atom is 0.319 e. The van der Waals surface area contributed by atoms with Crippen molar-refractivity contribution in [3.8, 4) is 11.5 Å². The van der Waals surface area contributed by atoms with Crippen LogP contribution in [0.1, 0.15) is 41.4 Å². The lowest BCUT2D eigenvalue weighted by molar-refractivity contribution is 0.0941. The van der Waals surface area contributed by atoms with E-state index in [1.807, 2.05) is 62.4 Å². The molecule has 0 unspecified atom stereocenters. The summed E-state index contributed by atoms with van der Waals surface area (Å²) in [7, 11) is 0. The zero-order valence-electron chi connectivity index (χ0n) is 16.8. The Bertz CT molecular complexity index is 1030. The van der Waals surface area contributed by atoms with Gasteiger partial charge in [0.25, 0.3) is 5.91 Å². The summed E-state index contributed by atoms with van der Waals surface area (Å²) in [6, 6.07) is 21.6. The molecule has 152 valence electrons. The Morgan fingerprint density at radius 1 is 0.833 bits per heavy atom. The lowest BCUT2D eigenvalue weighted by Gasteiger charge is -2.28. The Labute approximate surface area is 175 Å². The van der Waals surface area contributed by atoms with Gasteiger partial charge in [-0.25, -0.2) is 4.79 Å². The van der Waals surface area contributed by atoms with Crippen molar-refractivity contribution < 1.29 is 14.3 Å². The lowest BCUT2D eigenvalue weighted by atomic mass is 9.94. The number of nitrogens with one attached hydrogen (secondary N) is 3. The van der Waals surface area contributed by atoms with Gasteiger partial charge in [0.2, 0.25) is 0 Å². The second kappa shape index (κ2) is 8.29. The normalized spacial score (nSPS) is 12.4. The van der Waals surface area contributed by atoms with Crippen LogP contribution in [0.25, 0.3) is 0 Å². The summed E-state index contributed by atoms with van der Waals surface area (Å²) in [5.41, 5.74) is 2.94. The number of anilines is 1. The molecule has 0 bridgehead atoms. The standard InChI is InChI=1S/C24H23N3O3/c1-15(2)25-24(29)26-17-13-11-16(12-14-17)23(28)27-22-18-7-3-5-9-20(18)30-21-10-6-4-8-19(21)22/h3-15,22H,1-2H3,(H,27,28)(H2,25,26,29). The van der Waals surface area contributed by atoms with E-state index in [1.54, 1.807) is 24.3 Å². The van der Waals surface area contributed by atoms with E-state index in [-0.39, 0.29) is 24.0 Å². The van der Waals surface area contributed by atoms with E-state index in [4.69, 9.17) is 4.74 Å². The van der Waals surface area contributed by atoms with Crippen LogP contribution >= 0.6 is 0 Å². The number of urea groups is 1. The molecule has 4 rings (SSSR count). The highest BCUT2D eigenvalue weighted by atomic mass is 16.5. The fraction of sp³-hybridized carbons (Fsp3) is 0.167. The fourth-order valence-electron chi connectivity index (χ4n) is 3.41. The fourth-order valence-corrected chi connectivity index (χ4v) is 3.41. The van der Waals surface area contributed by atoms with E-state index in [0.717, 1.165) is 22.6 Å². The van der Waals surface area contributed by atoms with Crippen molar-refractivity contribution >= 4 is 17.6 Å². The molecule has 3 aromatic carbocycles. The number of para-hydroxylation sites is 2. The van der Waals surface area contributed by atoms with Crippen LogP contribution in [0.4, 0.5) is 10.5 Å². The third-order valence-electron chi connectivity index (χ3n) is 4.78. The predicted octanol–water partition coefficient (Wildman–Crippen LogP) is 4.84. The van der Waals surface area contributed by atoms with Gasteiger partial charge in [0.15, 0.2) is 0 Å². The van der Waals surface area contributed by atoms with Gasteiger partial charge in [0.1, 0.15) is 11.5 Å². The Balaban J connectivity index is 1.52. The second-order valence-corrected chi connectivity index (χ2v) is 7.41. The summed E-state index contributed by atoms with van der Waals surface area (Å²) < 4.78 is 5.98. The van der Waals surface area contributed by atoms with Crippen molar-refractivity contribution in [2.24, 2.45) is 0 Å². The summed E-state index contributed by atoms with van der Waals surface area (Å²) in [6.07, 6.45) is 0. The smallest absolute Gasteiger partial charge is 0.319 e. The second-order valence-electron chi connectivity index (χ2n) is 7.41. The van der Waals surface area contributed by atoms with Gasteiger partial charge in [-0.3, -0.25) is 4.79 Å². The average Bonchev–Trinajstić information content (AvgIpc) is 2.73. The first kappa shape index (κ1) is 19.5. The number of benzene rings is 3. The van der Waals surface area contributed by atoms with E-state index in [0.29, 0.717) is 11.3 Å². The molecule has 6 nitrogen and oxygen atoms in total. The number of carbonyl (C=O) groups is 2. The Morgan fingerprint density at radius 3 is 1.97 bits per heavy atom. The van der Waals surface area contributed by atoms with Crippen LogP contribution in [0.15, 0.2) is 72.8 Å². The molecule has 6 heteroatoms. The molecule has 3 aromatic rings. The minimum atomic E-state index is -0.312. The first-order valence-electron chi connectivity index (χ1n) is 9.85. The zero-order chi connectivity index (χ0) is 21.1. The van der Waals surface area contributed by atoms with Crippen LogP contribution < -0.4 is 20.7 Å². The molecule has 1 aliphatic heterocycles. The summed E-state index contributed by atoms with van der Waals surface area (Å²) in [5.74, 6) is 1.26. The van der Waals surface area contributed by atoms with Crippen LogP contribution in [0.3, 0.4) is 0 Å². The lowest BCUT2D eigenvalue weighted by Crippen LogP contribution is -2.34. The molecule has 0 aliphatic carbocycles. The van der Waals surface area contributed by atoms with Crippen LogP contribution in [0.2, 0.25) is 0 Å². The van der Waals surface area contributed by atoms with Crippen molar-refractivity contribution in [2.75, 3.05) is 5.32 Å². The maximum atomic E-state index is 13.0. The first-order valence-corrected chi connectivity index (χ1v) is 9.85. The average molecular weight is 401 g/mol. The first-order chi connectivity index (χ1) is 14.5. The van der Waals surface area contributed by atoms with Crippen molar-refractivity contribution in [3.05, 3.63) is 89.5 Å². The highest BCUT2D eigenvalue weighted by Crippen LogP contribution is 2.42. The molecule has 0 spiro atoms. The van der Waals surface area contributed by atoms with Gasteiger partial charge < -0.3 is 20.7 Å². The Morgan fingerprint density at radius 2 is 1.40 bits per heavy atom. The van der Waals surface area contributed by atoms with E-state index < -0.39 is 0 Å². The topological polar surface area (TPSA) is 79.5 Å². The molecular weight excluding hydrogens is 378 g/mol. The van der Waals surface area contributed by atoms with Gasteiger partial charge in [0.05, 0.1) is 6.04 Å². The van der Waals surface area contributed by atoms with Gasteiger partial charge in [-0.15, -0.1) is 0 Å². The summed E-state index contributed by atoms with van der Waals surface area (Å²) in [6.45, 7) is 3.78. The van der Waals surface area contributed by atoms with Crippen molar-refractivity contribution in [1.82, 2.24) is 10.6 Å².